The summed E-state index contributed by atoms with van der Waals surface area (Å²) < 4.78 is 17.4. The first kappa shape index (κ1) is 15.6. The Morgan fingerprint density at radius 3 is 2.50 bits per heavy atom. The van der Waals surface area contributed by atoms with Crippen molar-refractivity contribution < 1.29 is 18.7 Å². The zero-order valence-corrected chi connectivity index (χ0v) is 11.2. The van der Waals surface area contributed by atoms with Gasteiger partial charge in [-0.3, -0.25) is 4.79 Å². The molecule has 1 aromatic carbocycles. The lowest BCUT2D eigenvalue weighted by Crippen LogP contribution is -2.45. The third kappa shape index (κ3) is 4.05. The number of carbonyl (C=O) groups is 2. The first-order valence-electron chi connectivity index (χ1n) is 6.00. The molecule has 1 N–H and O–H groups in total. The van der Waals surface area contributed by atoms with E-state index in [0.717, 1.165) is 12.1 Å². The minimum atomic E-state index is -0.919. The Labute approximate surface area is 116 Å². The molecule has 0 saturated heterocycles. The molecule has 0 spiro atoms. The number of hydrogen-bond acceptors (Lipinski definition) is 4. The SMILES string of the molecule is COC(=O)[C@H](NC(=O)c1ccc(F)cc1)[C@@H](C)CC#N. The van der Waals surface area contributed by atoms with Gasteiger partial charge in [-0.15, -0.1) is 0 Å². The van der Waals surface area contributed by atoms with E-state index in [0.29, 0.717) is 0 Å². The fraction of sp³-hybridized carbons (Fsp3) is 0.357. The maximum absolute atomic E-state index is 12.8. The molecule has 1 amide bonds. The van der Waals surface area contributed by atoms with Gasteiger partial charge in [0.25, 0.3) is 5.91 Å². The van der Waals surface area contributed by atoms with Gasteiger partial charge in [0.2, 0.25) is 0 Å². The number of nitrogens with zero attached hydrogens (tertiary/aromatic N) is 1. The molecule has 0 heterocycles. The third-order valence-corrected chi connectivity index (χ3v) is 2.83. The predicted molar refractivity (Wildman–Crippen MR) is 69.1 cm³/mol. The van der Waals surface area contributed by atoms with Gasteiger partial charge in [0.05, 0.1) is 13.2 Å². The molecule has 0 aliphatic rings. The summed E-state index contributed by atoms with van der Waals surface area (Å²) in [7, 11) is 1.21. The molecule has 2 atom stereocenters. The van der Waals surface area contributed by atoms with Crippen molar-refractivity contribution in [3.63, 3.8) is 0 Å². The minimum absolute atomic E-state index is 0.101. The molecule has 106 valence electrons. The number of halogens is 1. The normalized spacial score (nSPS) is 12.9. The van der Waals surface area contributed by atoms with Crippen LogP contribution >= 0.6 is 0 Å². The van der Waals surface area contributed by atoms with Crippen LogP contribution in [0.4, 0.5) is 4.39 Å². The van der Waals surface area contributed by atoms with Crippen molar-refractivity contribution in [3.05, 3.63) is 35.6 Å². The van der Waals surface area contributed by atoms with Gasteiger partial charge in [0.15, 0.2) is 0 Å². The minimum Gasteiger partial charge on any atom is -0.467 e. The topological polar surface area (TPSA) is 79.2 Å². The Balaban J connectivity index is 2.84. The van der Waals surface area contributed by atoms with Crippen LogP contribution in [0.15, 0.2) is 24.3 Å². The second-order valence-corrected chi connectivity index (χ2v) is 4.32. The Hall–Kier alpha value is -2.42. The number of nitrogens with one attached hydrogen (secondary N) is 1. The van der Waals surface area contributed by atoms with Crippen LogP contribution in [0.3, 0.4) is 0 Å². The van der Waals surface area contributed by atoms with Crippen molar-refractivity contribution in [2.24, 2.45) is 5.92 Å². The summed E-state index contributed by atoms with van der Waals surface area (Å²) in [5, 5.41) is 11.2. The number of benzene rings is 1. The van der Waals surface area contributed by atoms with Gasteiger partial charge in [0, 0.05) is 17.9 Å². The van der Waals surface area contributed by atoms with E-state index in [1.54, 1.807) is 6.92 Å². The summed E-state index contributed by atoms with van der Waals surface area (Å²) in [5.74, 6) is -1.99. The fourth-order valence-corrected chi connectivity index (χ4v) is 1.65. The van der Waals surface area contributed by atoms with E-state index in [1.165, 1.54) is 19.2 Å². The number of carbonyl (C=O) groups excluding carboxylic acids is 2. The van der Waals surface area contributed by atoms with Crippen molar-refractivity contribution in [3.8, 4) is 6.07 Å². The van der Waals surface area contributed by atoms with Crippen molar-refractivity contribution in [2.45, 2.75) is 19.4 Å². The molecule has 1 aromatic rings. The standard InChI is InChI=1S/C14H15FN2O3/c1-9(7-8-16)12(14(19)20-2)17-13(18)10-3-5-11(15)6-4-10/h3-6,9,12H,7H2,1-2H3,(H,17,18)/t9-,12+/m0/s1. The van der Waals surface area contributed by atoms with E-state index in [9.17, 15) is 14.0 Å². The molecular formula is C14H15FN2O3. The Morgan fingerprint density at radius 2 is 2.00 bits per heavy atom. The molecule has 0 unspecified atom stereocenters. The van der Waals surface area contributed by atoms with E-state index in [-0.39, 0.29) is 12.0 Å². The zero-order chi connectivity index (χ0) is 15.1. The van der Waals surface area contributed by atoms with E-state index in [2.05, 4.69) is 10.1 Å². The van der Waals surface area contributed by atoms with Crippen LogP contribution in [0.5, 0.6) is 0 Å². The van der Waals surface area contributed by atoms with Gasteiger partial charge >= 0.3 is 5.97 Å². The van der Waals surface area contributed by atoms with Crippen LogP contribution in [0.25, 0.3) is 0 Å². The number of nitriles is 1. The molecule has 6 heteroatoms. The molecule has 0 aromatic heterocycles. The highest BCUT2D eigenvalue weighted by atomic mass is 19.1. The number of rotatable bonds is 5. The summed E-state index contributed by atoms with van der Waals surface area (Å²) >= 11 is 0. The lowest BCUT2D eigenvalue weighted by atomic mass is 9.98. The number of methoxy groups -OCH3 is 1. The number of esters is 1. The van der Waals surface area contributed by atoms with Crippen molar-refractivity contribution in [1.82, 2.24) is 5.32 Å². The highest BCUT2D eigenvalue weighted by molar-refractivity contribution is 5.96. The Kier molecular flexibility index (Phi) is 5.66. The van der Waals surface area contributed by atoms with Gasteiger partial charge in [0.1, 0.15) is 11.9 Å². The number of ether oxygens (including phenoxy) is 1. The quantitative estimate of drug-likeness (QED) is 0.830. The molecule has 0 saturated carbocycles. The summed E-state index contributed by atoms with van der Waals surface area (Å²) in [6, 6.07) is 5.95. The van der Waals surface area contributed by atoms with Gasteiger partial charge in [-0.2, -0.15) is 5.26 Å². The van der Waals surface area contributed by atoms with Gasteiger partial charge in [-0.25, -0.2) is 9.18 Å². The Bertz CT molecular complexity index is 522. The van der Waals surface area contributed by atoms with Crippen LogP contribution < -0.4 is 5.32 Å². The second kappa shape index (κ2) is 7.24. The largest absolute Gasteiger partial charge is 0.467 e. The lowest BCUT2D eigenvalue weighted by molar-refractivity contribution is -0.144. The highest BCUT2D eigenvalue weighted by Gasteiger charge is 2.27. The van der Waals surface area contributed by atoms with Gasteiger partial charge < -0.3 is 10.1 Å². The molecule has 20 heavy (non-hydrogen) atoms. The lowest BCUT2D eigenvalue weighted by Gasteiger charge is -2.21. The maximum atomic E-state index is 12.8. The van der Waals surface area contributed by atoms with E-state index < -0.39 is 29.7 Å². The van der Waals surface area contributed by atoms with Crippen LogP contribution in [0, 0.1) is 23.1 Å². The number of amides is 1. The average Bonchev–Trinajstić information content (AvgIpc) is 2.44. The number of hydrogen-bond donors (Lipinski definition) is 1. The summed E-state index contributed by atoms with van der Waals surface area (Å²) in [4.78, 5) is 23.6. The smallest absolute Gasteiger partial charge is 0.328 e. The molecule has 0 radical (unpaired) electrons. The monoisotopic (exact) mass is 278 g/mol. The van der Waals surface area contributed by atoms with Crippen molar-refractivity contribution in [1.29, 1.82) is 5.26 Å². The van der Waals surface area contributed by atoms with E-state index in [1.807, 2.05) is 6.07 Å². The van der Waals surface area contributed by atoms with E-state index >= 15 is 0 Å². The fourth-order valence-electron chi connectivity index (χ4n) is 1.65. The van der Waals surface area contributed by atoms with Crippen LogP contribution in [0.2, 0.25) is 0 Å². The summed E-state index contributed by atoms with van der Waals surface area (Å²) in [6.07, 6.45) is 0.101. The van der Waals surface area contributed by atoms with Gasteiger partial charge in [-0.1, -0.05) is 6.92 Å². The third-order valence-electron chi connectivity index (χ3n) is 2.83. The second-order valence-electron chi connectivity index (χ2n) is 4.32. The first-order chi connectivity index (χ1) is 9.49. The molecular weight excluding hydrogens is 263 g/mol. The molecule has 1 rings (SSSR count). The van der Waals surface area contributed by atoms with E-state index in [4.69, 9.17) is 5.26 Å². The molecule has 0 bridgehead atoms. The van der Waals surface area contributed by atoms with Crippen LogP contribution in [0.1, 0.15) is 23.7 Å². The Morgan fingerprint density at radius 1 is 1.40 bits per heavy atom. The molecule has 0 aliphatic carbocycles. The average molecular weight is 278 g/mol. The highest BCUT2D eigenvalue weighted by Crippen LogP contribution is 2.11. The van der Waals surface area contributed by atoms with Crippen molar-refractivity contribution >= 4 is 11.9 Å². The predicted octanol–water partition coefficient (Wildman–Crippen LogP) is 1.65. The maximum Gasteiger partial charge on any atom is 0.328 e. The molecule has 5 nitrogen and oxygen atoms in total. The molecule has 0 aliphatic heterocycles. The van der Waals surface area contributed by atoms with Gasteiger partial charge in [-0.05, 0) is 24.3 Å². The van der Waals surface area contributed by atoms with Crippen LogP contribution in [-0.4, -0.2) is 25.0 Å². The van der Waals surface area contributed by atoms with Crippen LogP contribution in [-0.2, 0) is 9.53 Å². The first-order valence-corrected chi connectivity index (χ1v) is 6.00. The molecule has 0 fully saturated rings. The summed E-state index contributed by atoms with van der Waals surface area (Å²) in [6.45, 7) is 1.66. The summed E-state index contributed by atoms with van der Waals surface area (Å²) in [5.41, 5.74) is 0.226. The van der Waals surface area contributed by atoms with Crippen molar-refractivity contribution in [2.75, 3.05) is 7.11 Å². The zero-order valence-electron chi connectivity index (χ0n) is 11.2.